The zero-order valence-corrected chi connectivity index (χ0v) is 17.0. The molecule has 6 heteroatoms. The smallest absolute Gasteiger partial charge is 0.191 e. The zero-order chi connectivity index (χ0) is 19.3. The first-order valence-electron chi connectivity index (χ1n) is 9.97. The van der Waals surface area contributed by atoms with E-state index < -0.39 is 0 Å². The predicted octanol–water partition coefficient (Wildman–Crippen LogP) is 2.72. The third kappa shape index (κ3) is 7.43. The van der Waals surface area contributed by atoms with Gasteiger partial charge in [0.25, 0.3) is 0 Å². The van der Waals surface area contributed by atoms with E-state index in [-0.39, 0.29) is 0 Å². The first-order valence-corrected chi connectivity index (χ1v) is 9.97. The average molecular weight is 371 g/mol. The summed E-state index contributed by atoms with van der Waals surface area (Å²) >= 11 is 0. The molecule has 0 aliphatic carbocycles. The minimum Gasteiger partial charge on any atom is -0.356 e. The fourth-order valence-electron chi connectivity index (χ4n) is 3.06. The molecule has 27 heavy (non-hydrogen) atoms. The number of hydrogen-bond donors (Lipinski definition) is 2. The predicted molar refractivity (Wildman–Crippen MR) is 113 cm³/mol. The SMILES string of the molecule is CCN(CC)CCCCNC(=NC)NCc1ccccc1Cn1cccn1. The summed E-state index contributed by atoms with van der Waals surface area (Å²) in [6.07, 6.45) is 6.15. The van der Waals surface area contributed by atoms with Crippen molar-refractivity contribution in [2.24, 2.45) is 4.99 Å². The lowest BCUT2D eigenvalue weighted by molar-refractivity contribution is 0.297. The summed E-state index contributed by atoms with van der Waals surface area (Å²) in [5.41, 5.74) is 2.53. The first-order chi connectivity index (χ1) is 13.3. The normalized spacial score (nSPS) is 11.8. The number of nitrogens with one attached hydrogen (secondary N) is 2. The maximum absolute atomic E-state index is 4.34. The standard InChI is InChI=1S/C21H34N6/c1-4-26(5-2)15-9-8-13-23-21(22-3)24-17-19-11-6-7-12-20(19)18-27-16-10-14-25-27/h6-7,10-12,14,16H,4-5,8-9,13,15,17-18H2,1-3H3,(H2,22,23,24). The van der Waals surface area contributed by atoms with Gasteiger partial charge >= 0.3 is 0 Å². The van der Waals surface area contributed by atoms with E-state index >= 15 is 0 Å². The average Bonchev–Trinajstić information content (AvgIpc) is 3.21. The summed E-state index contributed by atoms with van der Waals surface area (Å²) in [7, 11) is 1.82. The van der Waals surface area contributed by atoms with Gasteiger partial charge in [0.1, 0.15) is 0 Å². The molecule has 0 saturated heterocycles. The molecule has 0 fully saturated rings. The Hall–Kier alpha value is -2.34. The molecule has 0 unspecified atom stereocenters. The van der Waals surface area contributed by atoms with E-state index in [2.05, 4.69) is 63.7 Å². The highest BCUT2D eigenvalue weighted by Gasteiger charge is 2.05. The minimum absolute atomic E-state index is 0.747. The third-order valence-corrected chi connectivity index (χ3v) is 4.77. The number of aromatic nitrogens is 2. The highest BCUT2D eigenvalue weighted by atomic mass is 15.3. The second-order valence-electron chi connectivity index (χ2n) is 6.56. The number of rotatable bonds is 11. The molecule has 1 aromatic heterocycles. The topological polar surface area (TPSA) is 57.5 Å². The maximum atomic E-state index is 4.34. The van der Waals surface area contributed by atoms with Gasteiger partial charge in [-0.25, -0.2) is 0 Å². The van der Waals surface area contributed by atoms with Crippen molar-refractivity contribution in [2.45, 2.75) is 39.8 Å². The molecule has 1 heterocycles. The Bertz CT molecular complexity index is 661. The number of unbranched alkanes of at least 4 members (excludes halogenated alkanes) is 1. The number of benzene rings is 1. The lowest BCUT2D eigenvalue weighted by Gasteiger charge is -2.18. The van der Waals surface area contributed by atoms with Crippen molar-refractivity contribution in [2.75, 3.05) is 33.2 Å². The molecule has 0 radical (unpaired) electrons. The summed E-state index contributed by atoms with van der Waals surface area (Å²) in [5.74, 6) is 0.853. The molecule has 0 aliphatic heterocycles. The van der Waals surface area contributed by atoms with Crippen LogP contribution in [0.2, 0.25) is 0 Å². The van der Waals surface area contributed by atoms with Crippen LogP contribution < -0.4 is 10.6 Å². The second kappa shape index (κ2) is 12.1. The molecule has 0 atom stereocenters. The summed E-state index contributed by atoms with van der Waals surface area (Å²) in [4.78, 5) is 6.80. The Balaban J connectivity index is 1.76. The van der Waals surface area contributed by atoms with Crippen molar-refractivity contribution in [1.29, 1.82) is 0 Å². The fourth-order valence-corrected chi connectivity index (χ4v) is 3.06. The van der Waals surface area contributed by atoms with Crippen LogP contribution in [-0.4, -0.2) is 53.9 Å². The largest absolute Gasteiger partial charge is 0.356 e. The number of nitrogens with zero attached hydrogens (tertiary/aromatic N) is 4. The molecule has 148 valence electrons. The van der Waals surface area contributed by atoms with Gasteiger partial charge in [-0.1, -0.05) is 38.1 Å². The Kier molecular flexibility index (Phi) is 9.41. The van der Waals surface area contributed by atoms with Crippen molar-refractivity contribution in [3.8, 4) is 0 Å². The quantitative estimate of drug-likeness (QED) is 0.363. The molecule has 0 spiro atoms. The summed E-state index contributed by atoms with van der Waals surface area (Å²) in [6.45, 7) is 10.3. The molecule has 6 nitrogen and oxygen atoms in total. The molecule has 2 N–H and O–H groups in total. The Morgan fingerprint density at radius 2 is 1.85 bits per heavy atom. The molecule has 0 saturated carbocycles. The minimum atomic E-state index is 0.747. The Morgan fingerprint density at radius 3 is 2.52 bits per heavy atom. The van der Waals surface area contributed by atoms with Crippen molar-refractivity contribution in [3.63, 3.8) is 0 Å². The first kappa shape index (κ1) is 21.0. The van der Waals surface area contributed by atoms with Crippen LogP contribution in [0.5, 0.6) is 0 Å². The molecule has 1 aromatic carbocycles. The third-order valence-electron chi connectivity index (χ3n) is 4.77. The molecular formula is C21H34N6. The van der Waals surface area contributed by atoms with Gasteiger partial charge in [0.05, 0.1) is 6.54 Å². The molecule has 2 aromatic rings. The van der Waals surface area contributed by atoms with Gasteiger partial charge in [0.15, 0.2) is 5.96 Å². The van der Waals surface area contributed by atoms with E-state index in [1.807, 2.05) is 30.2 Å². The molecular weight excluding hydrogens is 336 g/mol. The van der Waals surface area contributed by atoms with Crippen LogP contribution in [0.15, 0.2) is 47.7 Å². The van der Waals surface area contributed by atoms with E-state index in [0.717, 1.165) is 45.1 Å². The van der Waals surface area contributed by atoms with Crippen LogP contribution in [0.4, 0.5) is 0 Å². The van der Waals surface area contributed by atoms with Crippen molar-refractivity contribution < 1.29 is 0 Å². The summed E-state index contributed by atoms with van der Waals surface area (Å²) in [5, 5.41) is 11.1. The van der Waals surface area contributed by atoms with Gasteiger partial charge < -0.3 is 15.5 Å². The van der Waals surface area contributed by atoms with Crippen LogP contribution >= 0.6 is 0 Å². The van der Waals surface area contributed by atoms with E-state index in [1.165, 1.54) is 24.1 Å². The van der Waals surface area contributed by atoms with Crippen molar-refractivity contribution in [3.05, 3.63) is 53.9 Å². The maximum Gasteiger partial charge on any atom is 0.191 e. The van der Waals surface area contributed by atoms with Gasteiger partial charge in [-0.05, 0) is 49.7 Å². The van der Waals surface area contributed by atoms with Crippen LogP contribution in [0.1, 0.15) is 37.8 Å². The van der Waals surface area contributed by atoms with E-state index in [4.69, 9.17) is 0 Å². The van der Waals surface area contributed by atoms with Crippen LogP contribution in [0.25, 0.3) is 0 Å². The Labute approximate surface area is 163 Å². The fraction of sp³-hybridized carbons (Fsp3) is 0.524. The summed E-state index contributed by atoms with van der Waals surface area (Å²) in [6, 6.07) is 10.4. The molecule has 0 bridgehead atoms. The highest BCUT2D eigenvalue weighted by Crippen LogP contribution is 2.10. The lowest BCUT2D eigenvalue weighted by Crippen LogP contribution is -2.37. The summed E-state index contributed by atoms with van der Waals surface area (Å²) < 4.78 is 1.95. The number of hydrogen-bond acceptors (Lipinski definition) is 3. The van der Waals surface area contributed by atoms with Crippen LogP contribution in [0, 0.1) is 0 Å². The highest BCUT2D eigenvalue weighted by molar-refractivity contribution is 5.79. The van der Waals surface area contributed by atoms with Crippen LogP contribution in [-0.2, 0) is 13.1 Å². The molecule has 2 rings (SSSR count). The van der Waals surface area contributed by atoms with Gasteiger partial charge in [-0.15, -0.1) is 0 Å². The van der Waals surface area contributed by atoms with E-state index in [0.29, 0.717) is 0 Å². The van der Waals surface area contributed by atoms with E-state index in [1.54, 1.807) is 0 Å². The number of aliphatic imine (C=N–C) groups is 1. The molecule has 0 aliphatic rings. The van der Waals surface area contributed by atoms with Gasteiger partial charge in [0.2, 0.25) is 0 Å². The van der Waals surface area contributed by atoms with Gasteiger partial charge in [0, 0.05) is 32.5 Å². The monoisotopic (exact) mass is 370 g/mol. The van der Waals surface area contributed by atoms with Gasteiger partial charge in [-0.3, -0.25) is 9.67 Å². The lowest BCUT2D eigenvalue weighted by atomic mass is 10.1. The molecule has 0 amide bonds. The van der Waals surface area contributed by atoms with Crippen molar-refractivity contribution in [1.82, 2.24) is 25.3 Å². The zero-order valence-electron chi connectivity index (χ0n) is 17.0. The Morgan fingerprint density at radius 1 is 1.07 bits per heavy atom. The van der Waals surface area contributed by atoms with E-state index in [9.17, 15) is 0 Å². The van der Waals surface area contributed by atoms with Gasteiger partial charge in [-0.2, -0.15) is 5.10 Å². The van der Waals surface area contributed by atoms with Crippen LogP contribution in [0.3, 0.4) is 0 Å². The van der Waals surface area contributed by atoms with Crippen molar-refractivity contribution >= 4 is 5.96 Å². The second-order valence-corrected chi connectivity index (χ2v) is 6.56. The number of guanidine groups is 1.